The van der Waals surface area contributed by atoms with Gasteiger partial charge in [-0.2, -0.15) is 0 Å². The van der Waals surface area contributed by atoms with E-state index >= 15 is 0 Å². The van der Waals surface area contributed by atoms with Crippen LogP contribution in [0.3, 0.4) is 0 Å². The predicted octanol–water partition coefficient (Wildman–Crippen LogP) is 1.26. The molecule has 0 saturated heterocycles. The van der Waals surface area contributed by atoms with Gasteiger partial charge in [0.25, 0.3) is 0 Å². The molecule has 0 unspecified atom stereocenters. The number of hydrogen-bond acceptors (Lipinski definition) is 3. The Morgan fingerprint density at radius 3 is 1.94 bits per heavy atom. The molecule has 0 radical (unpaired) electrons. The second kappa shape index (κ2) is 5.67. The molecule has 2 aromatic heterocycles. The van der Waals surface area contributed by atoms with Crippen molar-refractivity contribution >= 4 is 11.7 Å². The van der Waals surface area contributed by atoms with Crippen LogP contribution in [0.2, 0.25) is 0 Å². The minimum absolute atomic E-state index is 0.412. The molecule has 0 spiro atoms. The Morgan fingerprint density at radius 1 is 0.944 bits per heavy atom. The van der Waals surface area contributed by atoms with Crippen LogP contribution >= 0.6 is 0 Å². The third-order valence-corrected chi connectivity index (χ3v) is 2.35. The molecule has 0 aromatic carbocycles. The Morgan fingerprint density at radius 2 is 1.44 bits per heavy atom. The van der Waals surface area contributed by atoms with E-state index in [2.05, 4.69) is 20.0 Å². The van der Waals surface area contributed by atoms with Crippen molar-refractivity contribution in [3.05, 3.63) is 60.2 Å². The van der Waals surface area contributed by atoms with E-state index in [0.29, 0.717) is 11.7 Å². The molecule has 0 amide bonds. The topological polar surface area (TPSA) is 76.5 Å². The van der Waals surface area contributed by atoms with Crippen molar-refractivity contribution < 1.29 is 0 Å². The zero-order valence-electron chi connectivity index (χ0n) is 9.99. The molecule has 0 fully saturated rings. The van der Waals surface area contributed by atoms with Crippen molar-refractivity contribution in [3.63, 3.8) is 0 Å². The van der Waals surface area contributed by atoms with Gasteiger partial charge in [-0.05, 0) is 24.3 Å². The lowest BCUT2D eigenvalue weighted by molar-refractivity contribution is 1.29. The van der Waals surface area contributed by atoms with Gasteiger partial charge in [-0.1, -0.05) is 0 Å². The SMILES string of the molecule is CN=C(N=C(N)c1ccncc1)c1ccncc1. The van der Waals surface area contributed by atoms with Crippen molar-refractivity contribution in [3.8, 4) is 0 Å². The van der Waals surface area contributed by atoms with Gasteiger partial charge in [0.05, 0.1) is 0 Å². The van der Waals surface area contributed by atoms with E-state index in [1.807, 2.05) is 12.1 Å². The average molecular weight is 239 g/mol. The van der Waals surface area contributed by atoms with Gasteiger partial charge in [0.2, 0.25) is 0 Å². The summed E-state index contributed by atoms with van der Waals surface area (Å²) < 4.78 is 0. The van der Waals surface area contributed by atoms with Crippen LogP contribution in [-0.2, 0) is 0 Å². The largest absolute Gasteiger partial charge is 0.383 e. The van der Waals surface area contributed by atoms with Gasteiger partial charge < -0.3 is 5.73 Å². The predicted molar refractivity (Wildman–Crippen MR) is 71.7 cm³/mol. The number of aromatic nitrogens is 2. The minimum atomic E-state index is 0.412. The molecule has 0 atom stereocenters. The second-order valence-electron chi connectivity index (χ2n) is 3.52. The zero-order valence-corrected chi connectivity index (χ0v) is 9.99. The van der Waals surface area contributed by atoms with Crippen molar-refractivity contribution in [2.75, 3.05) is 7.05 Å². The molecule has 2 N–H and O–H groups in total. The summed E-state index contributed by atoms with van der Waals surface area (Å²) in [6.07, 6.45) is 6.73. The maximum Gasteiger partial charge on any atom is 0.156 e. The van der Waals surface area contributed by atoms with Crippen molar-refractivity contribution in [1.82, 2.24) is 9.97 Å². The first-order chi connectivity index (χ1) is 8.81. The monoisotopic (exact) mass is 239 g/mol. The summed E-state index contributed by atoms with van der Waals surface area (Å²) in [6, 6.07) is 7.29. The van der Waals surface area contributed by atoms with E-state index in [0.717, 1.165) is 11.1 Å². The quantitative estimate of drug-likeness (QED) is 0.633. The van der Waals surface area contributed by atoms with Gasteiger partial charge in [-0.15, -0.1) is 0 Å². The van der Waals surface area contributed by atoms with Crippen LogP contribution in [0.25, 0.3) is 0 Å². The van der Waals surface area contributed by atoms with Crippen LogP contribution in [0.1, 0.15) is 11.1 Å². The van der Waals surface area contributed by atoms with Gasteiger partial charge in [0.1, 0.15) is 5.84 Å². The Kier molecular flexibility index (Phi) is 3.76. The van der Waals surface area contributed by atoms with E-state index < -0.39 is 0 Å². The summed E-state index contributed by atoms with van der Waals surface area (Å²) in [5.74, 6) is 0.988. The highest BCUT2D eigenvalue weighted by atomic mass is 15.0. The first kappa shape index (κ1) is 11.9. The van der Waals surface area contributed by atoms with Crippen LogP contribution in [0.5, 0.6) is 0 Å². The number of aliphatic imine (C=N–C) groups is 2. The Balaban J connectivity index is 2.32. The van der Waals surface area contributed by atoms with Crippen molar-refractivity contribution in [2.45, 2.75) is 0 Å². The molecule has 2 aromatic rings. The lowest BCUT2D eigenvalue weighted by Gasteiger charge is -2.03. The molecule has 5 nitrogen and oxygen atoms in total. The lowest BCUT2D eigenvalue weighted by Crippen LogP contribution is -2.16. The number of hydrogen-bond donors (Lipinski definition) is 1. The fourth-order valence-electron chi connectivity index (χ4n) is 1.45. The Hall–Kier alpha value is -2.56. The highest BCUT2D eigenvalue weighted by Crippen LogP contribution is 2.03. The fraction of sp³-hybridized carbons (Fsp3) is 0.0769. The lowest BCUT2D eigenvalue weighted by atomic mass is 10.2. The molecule has 2 rings (SSSR count). The van der Waals surface area contributed by atoms with Gasteiger partial charge in [0.15, 0.2) is 5.84 Å². The van der Waals surface area contributed by atoms with Crippen molar-refractivity contribution in [2.24, 2.45) is 15.7 Å². The Labute approximate surface area is 105 Å². The van der Waals surface area contributed by atoms with Gasteiger partial charge in [0, 0.05) is 43.0 Å². The molecule has 0 saturated carbocycles. The minimum Gasteiger partial charge on any atom is -0.383 e. The average Bonchev–Trinajstić information content (AvgIpc) is 2.46. The second-order valence-corrected chi connectivity index (χ2v) is 3.52. The summed E-state index contributed by atoms with van der Waals surface area (Å²) in [5, 5.41) is 0. The first-order valence-electron chi connectivity index (χ1n) is 5.43. The van der Waals surface area contributed by atoms with E-state index in [1.54, 1.807) is 44.0 Å². The molecule has 90 valence electrons. The van der Waals surface area contributed by atoms with E-state index in [1.165, 1.54) is 0 Å². The number of pyridine rings is 2. The number of nitrogens with two attached hydrogens (primary N) is 1. The highest BCUT2D eigenvalue weighted by molar-refractivity contribution is 6.10. The number of rotatable bonds is 2. The smallest absolute Gasteiger partial charge is 0.156 e. The summed E-state index contributed by atoms with van der Waals surface area (Å²) in [6.45, 7) is 0. The van der Waals surface area contributed by atoms with Crippen LogP contribution in [0, 0.1) is 0 Å². The first-order valence-corrected chi connectivity index (χ1v) is 5.43. The summed E-state index contributed by atoms with van der Waals surface area (Å²) in [7, 11) is 1.68. The molecule has 2 heterocycles. The normalized spacial score (nSPS) is 12.5. The van der Waals surface area contributed by atoms with E-state index in [4.69, 9.17) is 5.73 Å². The standard InChI is InChI=1S/C13H13N5/c1-15-13(11-4-8-17-9-5-11)18-12(14)10-2-6-16-7-3-10/h2-9H,1H3,(H2,14,15,18). The fourth-order valence-corrected chi connectivity index (χ4v) is 1.45. The van der Waals surface area contributed by atoms with Gasteiger partial charge in [-0.3, -0.25) is 15.0 Å². The van der Waals surface area contributed by atoms with Gasteiger partial charge >= 0.3 is 0 Å². The molecule has 0 aliphatic heterocycles. The van der Waals surface area contributed by atoms with Crippen LogP contribution in [0.4, 0.5) is 0 Å². The number of nitrogens with zero attached hydrogens (tertiary/aromatic N) is 4. The molecule has 5 heteroatoms. The van der Waals surface area contributed by atoms with Crippen LogP contribution in [-0.4, -0.2) is 28.7 Å². The third-order valence-electron chi connectivity index (χ3n) is 2.35. The maximum absolute atomic E-state index is 5.93. The number of amidine groups is 2. The molecule has 18 heavy (non-hydrogen) atoms. The molecule has 0 aliphatic rings. The summed E-state index contributed by atoms with van der Waals surface area (Å²) in [4.78, 5) is 16.3. The maximum atomic E-state index is 5.93. The highest BCUT2D eigenvalue weighted by Gasteiger charge is 2.03. The van der Waals surface area contributed by atoms with E-state index in [-0.39, 0.29) is 0 Å². The Bertz CT molecular complexity index is 560. The van der Waals surface area contributed by atoms with Gasteiger partial charge in [-0.25, -0.2) is 4.99 Å². The molecular weight excluding hydrogens is 226 g/mol. The van der Waals surface area contributed by atoms with E-state index in [9.17, 15) is 0 Å². The van der Waals surface area contributed by atoms with Crippen LogP contribution < -0.4 is 5.73 Å². The molecule has 0 bridgehead atoms. The molecular formula is C13H13N5. The molecule has 0 aliphatic carbocycles. The zero-order chi connectivity index (χ0) is 12.8. The van der Waals surface area contributed by atoms with Crippen molar-refractivity contribution in [1.29, 1.82) is 0 Å². The summed E-state index contributed by atoms with van der Waals surface area (Å²) >= 11 is 0. The third kappa shape index (κ3) is 2.76. The summed E-state index contributed by atoms with van der Waals surface area (Å²) in [5.41, 5.74) is 7.63. The van der Waals surface area contributed by atoms with Crippen LogP contribution in [0.15, 0.2) is 59.0 Å².